The van der Waals surface area contributed by atoms with Crippen LogP contribution in [0.4, 0.5) is 13.2 Å². The van der Waals surface area contributed by atoms with Crippen molar-refractivity contribution >= 4 is 16.9 Å². The third-order valence-electron chi connectivity index (χ3n) is 4.61. The molecule has 8 heteroatoms. The third kappa shape index (κ3) is 5.02. The summed E-state index contributed by atoms with van der Waals surface area (Å²) in [7, 11) is 0. The summed E-state index contributed by atoms with van der Waals surface area (Å²) in [6, 6.07) is 4.22. The summed E-state index contributed by atoms with van der Waals surface area (Å²) in [5, 5.41) is 2.68. The summed E-state index contributed by atoms with van der Waals surface area (Å²) in [4.78, 5) is 23.4. The van der Waals surface area contributed by atoms with Crippen molar-refractivity contribution in [2.75, 3.05) is 6.61 Å². The largest absolute Gasteiger partial charge is 0.484 e. The SMILES string of the molecule is O=C(COc1ccc2c(C(F)(F)F)cc(=O)oc2c1)NC1CCCCCC1. The molecule has 0 unspecified atom stereocenters. The van der Waals surface area contributed by atoms with Crippen LogP contribution in [0.1, 0.15) is 44.1 Å². The van der Waals surface area contributed by atoms with E-state index in [-0.39, 0.29) is 35.3 Å². The van der Waals surface area contributed by atoms with Crippen molar-refractivity contribution in [3.05, 3.63) is 40.2 Å². The van der Waals surface area contributed by atoms with Gasteiger partial charge in [-0.1, -0.05) is 25.7 Å². The van der Waals surface area contributed by atoms with Crippen molar-refractivity contribution in [2.24, 2.45) is 0 Å². The molecule has 1 saturated carbocycles. The van der Waals surface area contributed by atoms with E-state index in [0.29, 0.717) is 6.07 Å². The normalized spacial score (nSPS) is 16.1. The van der Waals surface area contributed by atoms with E-state index in [0.717, 1.165) is 25.7 Å². The fraction of sp³-hybridized carbons (Fsp3) is 0.474. The summed E-state index contributed by atoms with van der Waals surface area (Å²) in [6.07, 6.45) is 1.71. The Balaban J connectivity index is 1.68. The van der Waals surface area contributed by atoms with E-state index in [9.17, 15) is 22.8 Å². The molecule has 2 aromatic rings. The summed E-state index contributed by atoms with van der Waals surface area (Å²) >= 11 is 0. The molecule has 3 rings (SSSR count). The molecule has 1 N–H and O–H groups in total. The van der Waals surface area contributed by atoms with E-state index < -0.39 is 17.4 Å². The Morgan fingerprint density at radius 2 is 1.85 bits per heavy atom. The highest BCUT2D eigenvalue weighted by Crippen LogP contribution is 2.34. The van der Waals surface area contributed by atoms with Crippen LogP contribution in [-0.2, 0) is 11.0 Å². The summed E-state index contributed by atoms with van der Waals surface area (Å²) in [5.74, 6) is -0.131. The average Bonchev–Trinajstić information content (AvgIpc) is 2.86. The van der Waals surface area contributed by atoms with Gasteiger partial charge in [0, 0.05) is 23.6 Å². The predicted molar refractivity (Wildman–Crippen MR) is 92.6 cm³/mol. The average molecular weight is 383 g/mol. The molecule has 0 radical (unpaired) electrons. The third-order valence-corrected chi connectivity index (χ3v) is 4.61. The zero-order chi connectivity index (χ0) is 19.4. The van der Waals surface area contributed by atoms with Gasteiger partial charge < -0.3 is 14.5 Å². The van der Waals surface area contributed by atoms with Gasteiger partial charge in [-0.05, 0) is 25.0 Å². The number of rotatable bonds is 4. The quantitative estimate of drug-likeness (QED) is 0.639. The molecule has 1 aromatic carbocycles. The molecular weight excluding hydrogens is 363 g/mol. The van der Waals surface area contributed by atoms with E-state index in [1.54, 1.807) is 0 Å². The Bertz CT molecular complexity index is 867. The molecule has 0 atom stereocenters. The molecule has 1 fully saturated rings. The molecule has 146 valence electrons. The second-order valence-corrected chi connectivity index (χ2v) is 6.68. The lowest BCUT2D eigenvalue weighted by Gasteiger charge is -2.16. The first-order valence-corrected chi connectivity index (χ1v) is 8.90. The number of fused-ring (bicyclic) bond motifs is 1. The van der Waals surface area contributed by atoms with E-state index in [1.807, 2.05) is 0 Å². The van der Waals surface area contributed by atoms with Crippen molar-refractivity contribution in [1.29, 1.82) is 0 Å². The van der Waals surface area contributed by atoms with Gasteiger partial charge in [0.15, 0.2) is 6.61 Å². The number of benzene rings is 1. The van der Waals surface area contributed by atoms with Crippen LogP contribution in [-0.4, -0.2) is 18.6 Å². The van der Waals surface area contributed by atoms with Gasteiger partial charge in [0.05, 0.1) is 5.56 Å². The number of hydrogen-bond acceptors (Lipinski definition) is 4. The van der Waals surface area contributed by atoms with Crippen LogP contribution in [0.3, 0.4) is 0 Å². The lowest BCUT2D eigenvalue weighted by molar-refractivity contribution is -0.136. The van der Waals surface area contributed by atoms with Gasteiger partial charge in [0.1, 0.15) is 11.3 Å². The van der Waals surface area contributed by atoms with Gasteiger partial charge >= 0.3 is 11.8 Å². The van der Waals surface area contributed by atoms with Crippen LogP contribution in [0.15, 0.2) is 33.5 Å². The van der Waals surface area contributed by atoms with E-state index in [4.69, 9.17) is 9.15 Å². The second kappa shape index (κ2) is 8.02. The monoisotopic (exact) mass is 383 g/mol. The van der Waals surface area contributed by atoms with Crippen LogP contribution in [0.2, 0.25) is 0 Å². The number of alkyl halides is 3. The molecule has 5 nitrogen and oxygen atoms in total. The number of ether oxygens (including phenoxy) is 1. The zero-order valence-corrected chi connectivity index (χ0v) is 14.6. The van der Waals surface area contributed by atoms with Crippen LogP contribution in [0.5, 0.6) is 5.75 Å². The van der Waals surface area contributed by atoms with Crippen LogP contribution in [0.25, 0.3) is 11.0 Å². The highest BCUT2D eigenvalue weighted by Gasteiger charge is 2.33. The Morgan fingerprint density at radius 1 is 1.15 bits per heavy atom. The Kier molecular flexibility index (Phi) is 5.72. The number of carbonyl (C=O) groups excluding carboxylic acids is 1. The molecule has 1 aromatic heterocycles. The molecule has 1 amide bonds. The topological polar surface area (TPSA) is 68.5 Å². The highest BCUT2D eigenvalue weighted by molar-refractivity contribution is 5.82. The van der Waals surface area contributed by atoms with Gasteiger partial charge in [-0.15, -0.1) is 0 Å². The van der Waals surface area contributed by atoms with Crippen molar-refractivity contribution in [3.8, 4) is 5.75 Å². The summed E-state index contributed by atoms with van der Waals surface area (Å²) in [5.41, 5.74) is -2.40. The molecule has 1 aliphatic rings. The van der Waals surface area contributed by atoms with Gasteiger partial charge in [0.25, 0.3) is 5.91 Å². The maximum atomic E-state index is 13.0. The Hall–Kier alpha value is -2.51. The second-order valence-electron chi connectivity index (χ2n) is 6.68. The molecule has 27 heavy (non-hydrogen) atoms. The Morgan fingerprint density at radius 3 is 2.52 bits per heavy atom. The van der Waals surface area contributed by atoms with Gasteiger partial charge in [-0.25, -0.2) is 4.79 Å². The number of nitrogens with one attached hydrogen (secondary N) is 1. The first-order valence-electron chi connectivity index (χ1n) is 8.90. The van der Waals surface area contributed by atoms with E-state index in [2.05, 4.69) is 5.32 Å². The molecule has 0 aliphatic heterocycles. The number of amides is 1. The Labute approximate surface area is 153 Å². The van der Waals surface area contributed by atoms with Gasteiger partial charge in [-0.3, -0.25) is 4.79 Å². The van der Waals surface area contributed by atoms with Crippen LogP contribution in [0, 0.1) is 0 Å². The highest BCUT2D eigenvalue weighted by atomic mass is 19.4. The fourth-order valence-electron chi connectivity index (χ4n) is 3.31. The number of halogens is 3. The molecule has 1 aliphatic carbocycles. The smallest absolute Gasteiger partial charge is 0.417 e. The molecule has 0 bridgehead atoms. The van der Waals surface area contributed by atoms with Crippen molar-refractivity contribution in [2.45, 2.75) is 50.7 Å². The van der Waals surface area contributed by atoms with Gasteiger partial charge in [-0.2, -0.15) is 13.2 Å². The predicted octanol–water partition coefficient (Wildman–Crippen LogP) is 4.03. The minimum Gasteiger partial charge on any atom is -0.484 e. The first-order chi connectivity index (χ1) is 12.8. The van der Waals surface area contributed by atoms with Gasteiger partial charge in [0.2, 0.25) is 0 Å². The molecular formula is C19H20F3NO4. The van der Waals surface area contributed by atoms with E-state index >= 15 is 0 Å². The maximum Gasteiger partial charge on any atom is 0.417 e. The first kappa shape index (κ1) is 19.3. The fourth-order valence-corrected chi connectivity index (χ4v) is 3.31. The molecule has 0 saturated heterocycles. The van der Waals surface area contributed by atoms with Crippen molar-refractivity contribution in [1.82, 2.24) is 5.32 Å². The lowest BCUT2D eigenvalue weighted by Crippen LogP contribution is -2.37. The number of hydrogen-bond donors (Lipinski definition) is 1. The van der Waals surface area contributed by atoms with Crippen molar-refractivity contribution in [3.63, 3.8) is 0 Å². The standard InChI is InChI=1S/C19H20F3NO4/c20-19(21,22)15-10-18(25)27-16-9-13(7-8-14(15)16)26-11-17(24)23-12-5-3-1-2-4-6-12/h7-10,12H,1-6,11H2,(H,23,24). The maximum absolute atomic E-state index is 13.0. The molecule has 1 heterocycles. The summed E-state index contributed by atoms with van der Waals surface area (Å²) < 4.78 is 49.3. The zero-order valence-electron chi connectivity index (χ0n) is 14.6. The van der Waals surface area contributed by atoms with Crippen LogP contribution >= 0.6 is 0 Å². The van der Waals surface area contributed by atoms with E-state index in [1.165, 1.54) is 31.0 Å². The molecule has 0 spiro atoms. The van der Waals surface area contributed by atoms with Crippen LogP contribution < -0.4 is 15.7 Å². The minimum atomic E-state index is -4.67. The summed E-state index contributed by atoms with van der Waals surface area (Å²) in [6.45, 7) is -0.259. The lowest BCUT2D eigenvalue weighted by atomic mass is 10.1. The number of carbonyl (C=O) groups is 1. The minimum absolute atomic E-state index is 0.132. The van der Waals surface area contributed by atoms with Crippen molar-refractivity contribution < 1.29 is 27.1 Å².